The highest BCUT2D eigenvalue weighted by molar-refractivity contribution is 7.80. The molecule has 0 spiro atoms. The first-order valence-electron chi connectivity index (χ1n) is 9.21. The molecule has 3 rings (SSSR count). The van der Waals surface area contributed by atoms with Crippen LogP contribution in [0.25, 0.3) is 0 Å². The van der Waals surface area contributed by atoms with Gasteiger partial charge in [-0.25, -0.2) is 4.79 Å². The van der Waals surface area contributed by atoms with E-state index in [4.69, 9.17) is 31.2 Å². The number of nitrogens with one attached hydrogen (secondary N) is 1. The van der Waals surface area contributed by atoms with Gasteiger partial charge in [-0.3, -0.25) is 4.90 Å². The number of ether oxygens (including phenoxy) is 4. The van der Waals surface area contributed by atoms with Crippen molar-refractivity contribution < 1.29 is 23.7 Å². The van der Waals surface area contributed by atoms with E-state index in [-0.39, 0.29) is 0 Å². The molecule has 158 valence electrons. The highest BCUT2D eigenvalue weighted by Gasteiger charge is 2.37. The van der Waals surface area contributed by atoms with Crippen molar-refractivity contribution in [2.45, 2.75) is 13.0 Å². The number of hydrogen-bond donors (Lipinski definition) is 1. The summed E-state index contributed by atoms with van der Waals surface area (Å²) >= 11 is 5.66. The lowest BCUT2D eigenvalue weighted by Gasteiger charge is -2.37. The third kappa shape index (κ3) is 3.78. The molecule has 0 fully saturated rings. The third-order valence-corrected chi connectivity index (χ3v) is 5.25. The van der Waals surface area contributed by atoms with Crippen LogP contribution in [0.2, 0.25) is 0 Å². The summed E-state index contributed by atoms with van der Waals surface area (Å²) < 4.78 is 21.5. The molecule has 0 bridgehead atoms. The quantitative estimate of drug-likeness (QED) is 0.553. The van der Waals surface area contributed by atoms with Gasteiger partial charge in [-0.15, -0.1) is 0 Å². The topological polar surface area (TPSA) is 69.3 Å². The molecule has 1 N–H and O–H groups in total. The predicted octanol–water partition coefficient (Wildman–Crippen LogP) is 3.60. The first-order valence-corrected chi connectivity index (χ1v) is 9.62. The van der Waals surface area contributed by atoms with E-state index < -0.39 is 12.0 Å². The molecule has 1 heterocycles. The number of carbonyl (C=O) groups is 1. The van der Waals surface area contributed by atoms with Gasteiger partial charge in [0.2, 0.25) is 0 Å². The van der Waals surface area contributed by atoms with E-state index >= 15 is 0 Å². The number of anilines is 1. The number of esters is 1. The smallest absolute Gasteiger partial charge is 0.337 e. The number of rotatable bonds is 6. The number of para-hydroxylation sites is 1. The number of carbonyl (C=O) groups excluding carboxylic acids is 1. The molecule has 0 amide bonds. The Labute approximate surface area is 181 Å². The summed E-state index contributed by atoms with van der Waals surface area (Å²) in [5.74, 6) is 1.08. The number of allylic oxidation sites excluding steroid dienone is 1. The minimum Gasteiger partial charge on any atom is -0.496 e. The molecule has 2 aromatic rings. The van der Waals surface area contributed by atoms with Crippen molar-refractivity contribution in [2.24, 2.45) is 0 Å². The summed E-state index contributed by atoms with van der Waals surface area (Å²) in [6, 6.07) is 12.5. The van der Waals surface area contributed by atoms with Crippen molar-refractivity contribution >= 4 is 29.0 Å². The molecule has 8 heteroatoms. The van der Waals surface area contributed by atoms with E-state index in [9.17, 15) is 4.79 Å². The standard InChI is InChI=1S/C22H24N2O5S/c1-13-19(21(25)29-5)20(23-22(30)24(13)14-9-7-6-8-10-14)15-11-17(27-3)18(28-4)12-16(15)26-2/h6-12,20H,1-5H3,(H,23,30). The lowest BCUT2D eigenvalue weighted by molar-refractivity contribution is -0.136. The van der Waals surface area contributed by atoms with E-state index in [1.165, 1.54) is 7.11 Å². The summed E-state index contributed by atoms with van der Waals surface area (Å²) in [5, 5.41) is 3.71. The zero-order valence-electron chi connectivity index (χ0n) is 17.5. The van der Waals surface area contributed by atoms with Crippen LogP contribution in [0.1, 0.15) is 18.5 Å². The minimum absolute atomic E-state index is 0.417. The van der Waals surface area contributed by atoms with Gasteiger partial charge in [-0.2, -0.15) is 0 Å². The number of nitrogens with zero attached hydrogens (tertiary/aromatic N) is 1. The molecule has 1 unspecified atom stereocenters. The maximum Gasteiger partial charge on any atom is 0.337 e. The van der Waals surface area contributed by atoms with E-state index in [0.717, 1.165) is 5.69 Å². The maximum absolute atomic E-state index is 12.8. The Balaban J connectivity index is 2.21. The van der Waals surface area contributed by atoms with Crippen LogP contribution in [0.4, 0.5) is 5.69 Å². The molecule has 0 saturated heterocycles. The second kappa shape index (κ2) is 9.04. The van der Waals surface area contributed by atoms with Gasteiger partial charge in [0, 0.05) is 23.0 Å². The minimum atomic E-state index is -0.598. The Kier molecular flexibility index (Phi) is 6.47. The zero-order chi connectivity index (χ0) is 21.8. The summed E-state index contributed by atoms with van der Waals surface area (Å²) in [6.45, 7) is 1.84. The van der Waals surface area contributed by atoms with E-state index in [1.807, 2.05) is 42.2 Å². The van der Waals surface area contributed by atoms with Gasteiger partial charge in [0.15, 0.2) is 16.6 Å². The van der Waals surface area contributed by atoms with Crippen LogP contribution < -0.4 is 24.4 Å². The first kappa shape index (κ1) is 21.4. The average molecular weight is 429 g/mol. The number of thiocarbonyl (C=S) groups is 1. The van der Waals surface area contributed by atoms with Gasteiger partial charge < -0.3 is 24.3 Å². The van der Waals surface area contributed by atoms with E-state index in [2.05, 4.69) is 5.32 Å². The molecular formula is C22H24N2O5S. The van der Waals surface area contributed by atoms with Crippen molar-refractivity contribution in [3.8, 4) is 17.2 Å². The number of hydrogen-bond acceptors (Lipinski definition) is 6. The van der Waals surface area contributed by atoms with Gasteiger partial charge in [0.05, 0.1) is 40.1 Å². The lowest BCUT2D eigenvalue weighted by atomic mass is 9.93. The van der Waals surface area contributed by atoms with Crippen LogP contribution in [0, 0.1) is 0 Å². The maximum atomic E-state index is 12.8. The fourth-order valence-electron chi connectivity index (χ4n) is 3.52. The van der Waals surface area contributed by atoms with Crippen molar-refractivity contribution in [2.75, 3.05) is 33.3 Å². The predicted molar refractivity (Wildman–Crippen MR) is 118 cm³/mol. The Hall–Kier alpha value is -3.26. The monoisotopic (exact) mass is 428 g/mol. The van der Waals surface area contributed by atoms with Crippen LogP contribution in [-0.4, -0.2) is 39.5 Å². The Morgan fingerprint density at radius 3 is 2.13 bits per heavy atom. The van der Waals surface area contributed by atoms with Gasteiger partial charge in [0.25, 0.3) is 0 Å². The summed E-state index contributed by atoms with van der Waals surface area (Å²) in [6.07, 6.45) is 0. The fourth-order valence-corrected chi connectivity index (χ4v) is 3.88. The van der Waals surface area contributed by atoms with Crippen LogP contribution in [-0.2, 0) is 9.53 Å². The van der Waals surface area contributed by atoms with E-state index in [1.54, 1.807) is 33.5 Å². The zero-order valence-corrected chi connectivity index (χ0v) is 18.3. The first-order chi connectivity index (χ1) is 14.5. The average Bonchev–Trinajstić information content (AvgIpc) is 2.77. The number of benzene rings is 2. The van der Waals surface area contributed by atoms with Crippen LogP contribution in [0.5, 0.6) is 17.2 Å². The Bertz CT molecular complexity index is 991. The van der Waals surface area contributed by atoms with Crippen molar-refractivity contribution in [1.29, 1.82) is 0 Å². The molecule has 7 nitrogen and oxygen atoms in total. The van der Waals surface area contributed by atoms with Crippen LogP contribution >= 0.6 is 12.2 Å². The summed E-state index contributed by atoms with van der Waals surface area (Å²) in [5.41, 5.74) is 2.59. The normalized spacial score (nSPS) is 16.1. The Morgan fingerprint density at radius 1 is 0.967 bits per heavy atom. The molecule has 0 aliphatic carbocycles. The molecule has 1 atom stereocenters. The molecule has 2 aromatic carbocycles. The van der Waals surface area contributed by atoms with Crippen LogP contribution in [0.15, 0.2) is 53.7 Å². The second-order valence-corrected chi connectivity index (χ2v) is 6.88. The van der Waals surface area contributed by atoms with E-state index in [0.29, 0.717) is 39.2 Å². The summed E-state index contributed by atoms with van der Waals surface area (Å²) in [4.78, 5) is 14.6. The van der Waals surface area contributed by atoms with Gasteiger partial charge >= 0.3 is 5.97 Å². The molecule has 30 heavy (non-hydrogen) atoms. The largest absolute Gasteiger partial charge is 0.496 e. The van der Waals surface area contributed by atoms with Gasteiger partial charge in [-0.1, -0.05) is 18.2 Å². The Morgan fingerprint density at radius 2 is 1.57 bits per heavy atom. The molecule has 0 aromatic heterocycles. The van der Waals surface area contributed by atoms with Crippen molar-refractivity contribution in [1.82, 2.24) is 5.32 Å². The molecule has 0 radical (unpaired) electrons. The second-order valence-electron chi connectivity index (χ2n) is 6.49. The lowest BCUT2D eigenvalue weighted by Crippen LogP contribution is -2.48. The molecular weight excluding hydrogens is 404 g/mol. The van der Waals surface area contributed by atoms with Crippen molar-refractivity contribution in [3.05, 3.63) is 59.3 Å². The number of methoxy groups -OCH3 is 4. The van der Waals surface area contributed by atoms with Gasteiger partial charge in [-0.05, 0) is 37.3 Å². The highest BCUT2D eigenvalue weighted by atomic mass is 32.1. The SMILES string of the molecule is COC(=O)C1=C(C)N(c2ccccc2)C(=S)NC1c1cc(OC)c(OC)cc1OC. The van der Waals surface area contributed by atoms with Crippen LogP contribution in [0.3, 0.4) is 0 Å². The third-order valence-electron chi connectivity index (χ3n) is 4.95. The summed E-state index contributed by atoms with van der Waals surface area (Å²) in [7, 11) is 6.00. The molecule has 1 aliphatic rings. The van der Waals surface area contributed by atoms with Gasteiger partial charge in [0.1, 0.15) is 5.75 Å². The molecule has 1 aliphatic heterocycles. The fraction of sp³-hybridized carbons (Fsp3) is 0.273. The molecule has 0 saturated carbocycles. The highest BCUT2D eigenvalue weighted by Crippen LogP contribution is 2.42. The van der Waals surface area contributed by atoms with Crippen molar-refractivity contribution in [3.63, 3.8) is 0 Å².